The quantitative estimate of drug-likeness (QED) is 0.552. The molecule has 0 spiro atoms. The standard InChI is InChI=1S/C22H20FN3O5S2/c23-17-8-7-15(14-20(17)33(29,30)26-9-11-31-12-10-26)24-21(27)16-4-1-2-5-18(16)25-22(28)19-6-3-13-32-19/h1-8,13-14H,9-12H2,(H,24,27)(H,25,28). The number of anilines is 2. The van der Waals surface area contributed by atoms with Crippen molar-refractivity contribution in [2.75, 3.05) is 36.9 Å². The van der Waals surface area contributed by atoms with Crippen LogP contribution in [0.3, 0.4) is 0 Å². The van der Waals surface area contributed by atoms with Crippen LogP contribution in [0.4, 0.5) is 15.8 Å². The fourth-order valence-corrected chi connectivity index (χ4v) is 5.40. The van der Waals surface area contributed by atoms with Gasteiger partial charge in [-0.05, 0) is 41.8 Å². The summed E-state index contributed by atoms with van der Waals surface area (Å²) in [5, 5.41) is 7.06. The number of amides is 2. The summed E-state index contributed by atoms with van der Waals surface area (Å²) in [5.41, 5.74) is 0.564. The third-order valence-electron chi connectivity index (χ3n) is 4.94. The lowest BCUT2D eigenvalue weighted by Gasteiger charge is -2.26. The van der Waals surface area contributed by atoms with E-state index in [0.29, 0.717) is 4.88 Å². The lowest BCUT2D eigenvalue weighted by atomic mass is 10.1. The number of sulfonamides is 1. The second-order valence-corrected chi connectivity index (χ2v) is 9.95. The number of carbonyl (C=O) groups is 2. The fourth-order valence-electron chi connectivity index (χ4n) is 3.29. The van der Waals surface area contributed by atoms with Gasteiger partial charge in [-0.2, -0.15) is 4.31 Å². The van der Waals surface area contributed by atoms with Crippen LogP contribution in [0.25, 0.3) is 0 Å². The molecule has 0 bridgehead atoms. The van der Waals surface area contributed by atoms with E-state index in [-0.39, 0.29) is 49.1 Å². The summed E-state index contributed by atoms with van der Waals surface area (Å²) in [7, 11) is -4.09. The molecule has 2 aromatic carbocycles. The molecule has 0 unspecified atom stereocenters. The highest BCUT2D eigenvalue weighted by atomic mass is 32.2. The van der Waals surface area contributed by atoms with Crippen molar-refractivity contribution in [3.63, 3.8) is 0 Å². The number of para-hydroxylation sites is 1. The Labute approximate surface area is 194 Å². The number of carbonyl (C=O) groups excluding carboxylic acids is 2. The molecule has 0 atom stereocenters. The van der Waals surface area contributed by atoms with Crippen LogP contribution in [0.15, 0.2) is 64.9 Å². The van der Waals surface area contributed by atoms with E-state index in [2.05, 4.69) is 10.6 Å². The van der Waals surface area contributed by atoms with Crippen molar-refractivity contribution in [2.45, 2.75) is 4.90 Å². The number of morpholine rings is 1. The number of thiophene rings is 1. The number of hydrogen-bond acceptors (Lipinski definition) is 6. The van der Waals surface area contributed by atoms with Crippen molar-refractivity contribution in [1.29, 1.82) is 0 Å². The maximum absolute atomic E-state index is 14.4. The highest BCUT2D eigenvalue weighted by Crippen LogP contribution is 2.25. The molecule has 1 fully saturated rings. The van der Waals surface area contributed by atoms with Crippen LogP contribution in [-0.4, -0.2) is 50.8 Å². The largest absolute Gasteiger partial charge is 0.379 e. The van der Waals surface area contributed by atoms with Gasteiger partial charge in [0.25, 0.3) is 11.8 Å². The predicted molar refractivity (Wildman–Crippen MR) is 123 cm³/mol. The molecule has 1 aromatic heterocycles. The van der Waals surface area contributed by atoms with Gasteiger partial charge in [0.15, 0.2) is 0 Å². The minimum Gasteiger partial charge on any atom is -0.379 e. The van der Waals surface area contributed by atoms with Gasteiger partial charge in [-0.1, -0.05) is 18.2 Å². The zero-order valence-corrected chi connectivity index (χ0v) is 18.9. The van der Waals surface area contributed by atoms with E-state index in [1.54, 1.807) is 35.7 Å². The average Bonchev–Trinajstić information content (AvgIpc) is 3.36. The molecule has 2 amide bonds. The van der Waals surface area contributed by atoms with Gasteiger partial charge in [-0.15, -0.1) is 11.3 Å². The van der Waals surface area contributed by atoms with E-state index in [9.17, 15) is 22.4 Å². The molecular weight excluding hydrogens is 469 g/mol. The lowest BCUT2D eigenvalue weighted by molar-refractivity contribution is 0.0729. The molecule has 0 aliphatic carbocycles. The van der Waals surface area contributed by atoms with E-state index in [1.807, 2.05) is 0 Å². The Hall–Kier alpha value is -3.12. The first-order valence-corrected chi connectivity index (χ1v) is 12.3. The van der Waals surface area contributed by atoms with E-state index in [1.165, 1.54) is 23.5 Å². The van der Waals surface area contributed by atoms with Crippen LogP contribution in [0.2, 0.25) is 0 Å². The smallest absolute Gasteiger partial charge is 0.265 e. The molecule has 2 N–H and O–H groups in total. The average molecular weight is 490 g/mol. The van der Waals surface area contributed by atoms with Gasteiger partial charge in [-0.3, -0.25) is 9.59 Å². The minimum atomic E-state index is -4.09. The molecule has 33 heavy (non-hydrogen) atoms. The Bertz CT molecular complexity index is 1270. The molecule has 4 rings (SSSR count). The number of nitrogens with zero attached hydrogens (tertiary/aromatic N) is 1. The number of rotatable bonds is 6. The number of nitrogens with one attached hydrogen (secondary N) is 2. The Kier molecular flexibility index (Phi) is 6.84. The Morgan fingerprint density at radius 1 is 0.970 bits per heavy atom. The molecular formula is C22H20FN3O5S2. The highest BCUT2D eigenvalue weighted by Gasteiger charge is 2.29. The summed E-state index contributed by atoms with van der Waals surface area (Å²) in [6.07, 6.45) is 0. The van der Waals surface area contributed by atoms with E-state index >= 15 is 0 Å². The van der Waals surface area contributed by atoms with Crippen molar-refractivity contribution in [3.05, 3.63) is 76.2 Å². The molecule has 0 saturated carbocycles. The molecule has 11 heteroatoms. The van der Waals surface area contributed by atoms with Crippen molar-refractivity contribution in [2.24, 2.45) is 0 Å². The fraction of sp³-hybridized carbons (Fsp3) is 0.182. The molecule has 2 heterocycles. The summed E-state index contributed by atoms with van der Waals surface area (Å²) >= 11 is 1.27. The topological polar surface area (TPSA) is 105 Å². The first-order valence-electron chi connectivity index (χ1n) is 9.99. The molecule has 1 aliphatic rings. The summed E-state index contributed by atoms with van der Waals surface area (Å²) in [4.78, 5) is 25.3. The van der Waals surface area contributed by atoms with Crippen LogP contribution in [0.5, 0.6) is 0 Å². The van der Waals surface area contributed by atoms with Gasteiger partial charge in [0, 0.05) is 18.8 Å². The summed E-state index contributed by atoms with van der Waals surface area (Å²) < 4.78 is 46.5. The Balaban J connectivity index is 1.56. The number of halogens is 1. The predicted octanol–water partition coefficient (Wildman–Crippen LogP) is 3.41. The third kappa shape index (κ3) is 5.11. The van der Waals surface area contributed by atoms with E-state index in [4.69, 9.17) is 4.74 Å². The summed E-state index contributed by atoms with van der Waals surface area (Å²) in [6, 6.07) is 13.2. The summed E-state index contributed by atoms with van der Waals surface area (Å²) in [6.45, 7) is 0.696. The number of hydrogen-bond donors (Lipinski definition) is 2. The van der Waals surface area contributed by atoms with Gasteiger partial charge in [0.2, 0.25) is 10.0 Å². The second kappa shape index (κ2) is 9.79. The van der Waals surface area contributed by atoms with Crippen LogP contribution in [-0.2, 0) is 14.8 Å². The number of ether oxygens (including phenoxy) is 1. The lowest BCUT2D eigenvalue weighted by Crippen LogP contribution is -2.40. The molecule has 1 saturated heterocycles. The van der Waals surface area contributed by atoms with Crippen molar-refractivity contribution in [3.8, 4) is 0 Å². The third-order valence-corrected chi connectivity index (χ3v) is 7.72. The van der Waals surface area contributed by atoms with Crippen LogP contribution >= 0.6 is 11.3 Å². The van der Waals surface area contributed by atoms with Gasteiger partial charge in [0.05, 0.1) is 29.3 Å². The monoisotopic (exact) mass is 489 g/mol. The van der Waals surface area contributed by atoms with Crippen molar-refractivity contribution in [1.82, 2.24) is 4.31 Å². The molecule has 3 aromatic rings. The van der Waals surface area contributed by atoms with Crippen molar-refractivity contribution < 1.29 is 27.1 Å². The van der Waals surface area contributed by atoms with Gasteiger partial charge in [0.1, 0.15) is 10.7 Å². The molecule has 0 radical (unpaired) electrons. The second-order valence-electron chi connectivity index (χ2n) is 7.09. The normalized spacial score (nSPS) is 14.6. The van der Waals surface area contributed by atoms with E-state index < -0.39 is 26.6 Å². The van der Waals surface area contributed by atoms with Crippen LogP contribution < -0.4 is 10.6 Å². The molecule has 172 valence electrons. The zero-order chi connectivity index (χ0) is 23.4. The van der Waals surface area contributed by atoms with E-state index in [0.717, 1.165) is 16.4 Å². The van der Waals surface area contributed by atoms with Crippen molar-refractivity contribution >= 4 is 44.5 Å². The maximum Gasteiger partial charge on any atom is 0.265 e. The Morgan fingerprint density at radius 3 is 2.45 bits per heavy atom. The molecule has 8 nitrogen and oxygen atoms in total. The zero-order valence-electron chi connectivity index (χ0n) is 17.3. The first kappa shape index (κ1) is 23.1. The van der Waals surface area contributed by atoms with Gasteiger partial charge >= 0.3 is 0 Å². The first-order chi connectivity index (χ1) is 15.9. The Morgan fingerprint density at radius 2 is 1.73 bits per heavy atom. The van der Waals surface area contributed by atoms with Crippen LogP contribution in [0.1, 0.15) is 20.0 Å². The number of benzene rings is 2. The molecule has 1 aliphatic heterocycles. The van der Waals surface area contributed by atoms with Gasteiger partial charge in [-0.25, -0.2) is 12.8 Å². The minimum absolute atomic E-state index is 0.104. The summed E-state index contributed by atoms with van der Waals surface area (Å²) in [5.74, 6) is -1.85. The highest BCUT2D eigenvalue weighted by molar-refractivity contribution is 7.89. The maximum atomic E-state index is 14.4. The van der Waals surface area contributed by atoms with Gasteiger partial charge < -0.3 is 15.4 Å². The van der Waals surface area contributed by atoms with Crippen LogP contribution in [0, 0.1) is 5.82 Å². The SMILES string of the molecule is O=C(Nc1ccccc1C(=O)Nc1ccc(F)c(S(=O)(=O)N2CCOCC2)c1)c1cccs1.